The number of carbonyl (C=O) groups excluding carboxylic acids is 4. The van der Waals surface area contributed by atoms with Crippen LogP contribution in [0, 0.1) is 0 Å². The van der Waals surface area contributed by atoms with Crippen LogP contribution in [-0.2, 0) is 9.59 Å². The lowest BCUT2D eigenvalue weighted by molar-refractivity contribution is -0.136. The molecule has 10 heteroatoms. The second kappa shape index (κ2) is 9.21. The van der Waals surface area contributed by atoms with Crippen molar-refractivity contribution in [2.24, 2.45) is 0 Å². The molecule has 1 atom stereocenters. The quantitative estimate of drug-likeness (QED) is 0.328. The minimum absolute atomic E-state index is 0.233. The molecular formula is C24H19N3O4S3. The second-order valence-electron chi connectivity index (χ2n) is 7.65. The van der Waals surface area contributed by atoms with Crippen molar-refractivity contribution in [1.29, 1.82) is 0 Å². The number of amides is 4. The second-order valence-corrected chi connectivity index (χ2v) is 11.0. The van der Waals surface area contributed by atoms with E-state index in [-0.39, 0.29) is 5.91 Å². The van der Waals surface area contributed by atoms with Crippen LogP contribution in [-0.4, -0.2) is 51.2 Å². The molecule has 172 valence electrons. The Morgan fingerprint density at radius 3 is 1.91 bits per heavy atom. The summed E-state index contributed by atoms with van der Waals surface area (Å²) < 4.78 is 1.81. The van der Waals surface area contributed by atoms with Gasteiger partial charge < -0.3 is 4.90 Å². The molecule has 1 saturated heterocycles. The first-order valence-corrected chi connectivity index (χ1v) is 13.2. The first-order valence-electron chi connectivity index (χ1n) is 10.5. The summed E-state index contributed by atoms with van der Waals surface area (Å²) in [5.74, 6) is -1.44. The molecule has 0 radical (unpaired) electrons. The fourth-order valence-corrected chi connectivity index (χ4v) is 6.91. The van der Waals surface area contributed by atoms with Gasteiger partial charge in [-0.15, -0.1) is 34.4 Å². The summed E-state index contributed by atoms with van der Waals surface area (Å²) in [4.78, 5) is 54.2. The Hall–Kier alpha value is -3.21. The van der Waals surface area contributed by atoms with Crippen molar-refractivity contribution in [2.45, 2.75) is 12.3 Å². The zero-order valence-electron chi connectivity index (χ0n) is 18.0. The van der Waals surface area contributed by atoms with E-state index in [0.717, 1.165) is 25.2 Å². The van der Waals surface area contributed by atoms with E-state index >= 15 is 0 Å². The number of thiophene rings is 2. The Bertz CT molecular complexity index is 1290. The smallest absolute Gasteiger partial charge is 0.289 e. The van der Waals surface area contributed by atoms with Gasteiger partial charge in [-0.3, -0.25) is 24.6 Å². The van der Waals surface area contributed by atoms with Gasteiger partial charge in [-0.2, -0.15) is 5.01 Å². The predicted molar refractivity (Wildman–Crippen MR) is 136 cm³/mol. The summed E-state index contributed by atoms with van der Waals surface area (Å²) in [6, 6.07) is 18.5. The molecule has 0 aliphatic carbocycles. The van der Waals surface area contributed by atoms with E-state index in [1.54, 1.807) is 12.1 Å². The van der Waals surface area contributed by atoms with Crippen molar-refractivity contribution in [3.63, 3.8) is 0 Å². The molecule has 4 aromatic rings. The van der Waals surface area contributed by atoms with Crippen LogP contribution in [0.4, 0.5) is 0 Å². The number of nitrogens with one attached hydrogen (secondary N) is 1. The van der Waals surface area contributed by atoms with Crippen LogP contribution in [0.3, 0.4) is 0 Å². The summed E-state index contributed by atoms with van der Waals surface area (Å²) in [6.45, 7) is 1.83. The largest absolute Gasteiger partial charge is 0.321 e. The lowest BCUT2D eigenvalue weighted by Crippen LogP contribution is -2.54. The molecular weight excluding hydrogens is 490 g/mol. The van der Waals surface area contributed by atoms with Crippen molar-refractivity contribution in [1.82, 2.24) is 15.3 Å². The molecule has 2 aromatic heterocycles. The lowest BCUT2D eigenvalue weighted by Gasteiger charge is -2.25. The summed E-state index contributed by atoms with van der Waals surface area (Å²) in [6.07, 6.45) is 0. The van der Waals surface area contributed by atoms with E-state index in [0.29, 0.717) is 22.1 Å². The summed E-state index contributed by atoms with van der Waals surface area (Å²) in [5.41, 5.74) is 2.52. The van der Waals surface area contributed by atoms with Gasteiger partial charge in [-0.1, -0.05) is 36.4 Å². The molecule has 0 spiro atoms. The molecule has 7 nitrogen and oxygen atoms in total. The van der Waals surface area contributed by atoms with E-state index in [2.05, 4.69) is 5.43 Å². The van der Waals surface area contributed by atoms with Gasteiger partial charge in [0.1, 0.15) is 0 Å². The molecule has 4 amide bonds. The summed E-state index contributed by atoms with van der Waals surface area (Å²) in [5, 5.41) is 1.75. The fourth-order valence-electron chi connectivity index (χ4n) is 3.76. The third-order valence-corrected chi connectivity index (χ3v) is 8.83. The highest BCUT2D eigenvalue weighted by Crippen LogP contribution is 2.30. The van der Waals surface area contributed by atoms with Crippen molar-refractivity contribution in [2.75, 3.05) is 12.3 Å². The van der Waals surface area contributed by atoms with Crippen molar-refractivity contribution in [3.8, 4) is 0 Å². The average molecular weight is 510 g/mol. The minimum Gasteiger partial charge on any atom is -0.321 e. The van der Waals surface area contributed by atoms with Gasteiger partial charge in [0, 0.05) is 28.6 Å². The van der Waals surface area contributed by atoms with E-state index in [1.165, 1.54) is 46.3 Å². The number of benzene rings is 2. The van der Waals surface area contributed by atoms with Crippen LogP contribution in [0.5, 0.6) is 0 Å². The van der Waals surface area contributed by atoms with Gasteiger partial charge in [0.05, 0.1) is 9.75 Å². The fraction of sp³-hybridized carbons (Fsp3) is 0.167. The molecule has 1 fully saturated rings. The molecule has 1 aliphatic rings. The Balaban J connectivity index is 1.50. The van der Waals surface area contributed by atoms with Gasteiger partial charge in [-0.05, 0) is 35.0 Å². The Kier molecular flexibility index (Phi) is 6.11. The number of hydrogen-bond donors (Lipinski definition) is 1. The van der Waals surface area contributed by atoms with Crippen LogP contribution in [0.15, 0.2) is 60.7 Å². The van der Waals surface area contributed by atoms with Gasteiger partial charge in [0.15, 0.2) is 5.37 Å². The molecule has 5 rings (SSSR count). The van der Waals surface area contributed by atoms with Crippen molar-refractivity contribution in [3.05, 3.63) is 70.4 Å². The highest BCUT2D eigenvalue weighted by atomic mass is 32.2. The van der Waals surface area contributed by atoms with E-state index in [4.69, 9.17) is 0 Å². The van der Waals surface area contributed by atoms with Gasteiger partial charge >= 0.3 is 0 Å². The first kappa shape index (κ1) is 22.6. The molecule has 0 unspecified atom stereocenters. The Labute approximate surface area is 207 Å². The zero-order chi connectivity index (χ0) is 23.8. The van der Waals surface area contributed by atoms with E-state index < -0.39 is 23.1 Å². The molecule has 3 heterocycles. The summed E-state index contributed by atoms with van der Waals surface area (Å²) in [7, 11) is 0. The number of nitrogens with zero attached hydrogens (tertiary/aromatic N) is 2. The molecule has 1 aliphatic heterocycles. The number of hydrogen-bond acceptors (Lipinski definition) is 7. The maximum absolute atomic E-state index is 13.5. The van der Waals surface area contributed by atoms with Crippen molar-refractivity contribution < 1.29 is 19.2 Å². The van der Waals surface area contributed by atoms with Crippen LogP contribution in [0.2, 0.25) is 0 Å². The Morgan fingerprint density at radius 1 is 0.882 bits per heavy atom. The minimum atomic E-state index is -0.801. The molecule has 2 aromatic carbocycles. The number of thioether (sulfide) groups is 1. The van der Waals surface area contributed by atoms with Crippen LogP contribution in [0.1, 0.15) is 26.3 Å². The van der Waals surface area contributed by atoms with Gasteiger partial charge in [-0.25, -0.2) is 0 Å². The van der Waals surface area contributed by atoms with E-state index in [9.17, 15) is 19.2 Å². The predicted octanol–water partition coefficient (Wildman–Crippen LogP) is 4.35. The third-order valence-electron chi connectivity index (χ3n) is 5.42. The third kappa shape index (κ3) is 4.20. The summed E-state index contributed by atoms with van der Waals surface area (Å²) >= 11 is 3.81. The maximum Gasteiger partial charge on any atom is 0.289 e. The normalized spacial score (nSPS) is 15.6. The molecule has 34 heavy (non-hydrogen) atoms. The molecule has 1 N–H and O–H groups in total. The lowest BCUT2D eigenvalue weighted by atomic mass is 10.2. The zero-order valence-corrected chi connectivity index (χ0v) is 20.5. The topological polar surface area (TPSA) is 86.8 Å². The monoisotopic (exact) mass is 509 g/mol. The van der Waals surface area contributed by atoms with Crippen molar-refractivity contribution >= 4 is 78.2 Å². The SMILES string of the molecule is CC(=O)N1CCS[C@H]1C(=O)NN(C(=O)c1cc2ccccc2s1)C(=O)c1cc2ccccc2s1. The average Bonchev–Trinajstić information content (AvgIpc) is 3.58. The first-order chi connectivity index (χ1) is 16.4. The number of rotatable bonds is 3. The number of hydrazine groups is 1. The number of carbonyl (C=O) groups is 4. The highest BCUT2D eigenvalue weighted by molar-refractivity contribution is 8.00. The van der Waals surface area contributed by atoms with Gasteiger partial charge in [0.2, 0.25) is 5.91 Å². The standard InChI is InChI=1S/C24H19N3O4S3/c1-14(28)26-10-11-32-24(26)21(29)25-27(22(30)19-12-15-6-2-4-8-17(15)33-19)23(31)20-13-16-7-3-5-9-18(16)34-20/h2-9,12-13,24H,10-11H2,1H3,(H,25,29)/t24-/m0/s1. The molecule has 0 bridgehead atoms. The van der Waals surface area contributed by atoms with Crippen LogP contribution in [0.25, 0.3) is 20.2 Å². The van der Waals surface area contributed by atoms with Crippen LogP contribution < -0.4 is 5.43 Å². The Morgan fingerprint density at radius 2 is 1.41 bits per heavy atom. The number of fused-ring (bicyclic) bond motifs is 2. The van der Waals surface area contributed by atoms with E-state index in [1.807, 2.05) is 48.5 Å². The molecule has 0 saturated carbocycles. The highest BCUT2D eigenvalue weighted by Gasteiger charge is 2.37. The van der Waals surface area contributed by atoms with Crippen LogP contribution >= 0.6 is 34.4 Å². The maximum atomic E-state index is 13.5. The van der Waals surface area contributed by atoms with Gasteiger partial charge in [0.25, 0.3) is 17.7 Å². The number of imide groups is 1.